The Labute approximate surface area is 124 Å². The Morgan fingerprint density at radius 1 is 1.00 bits per heavy atom. The van der Waals surface area contributed by atoms with E-state index in [1.807, 2.05) is 46.8 Å². The van der Waals surface area contributed by atoms with E-state index in [1.54, 1.807) is 16.3 Å². The molecule has 6 heteroatoms. The zero-order valence-corrected chi connectivity index (χ0v) is 14.9. The smallest absolute Gasteiger partial charge is 0.307 e. The first kappa shape index (κ1) is 19.4. The Morgan fingerprint density at radius 3 is 1.90 bits per heavy atom. The number of allylic oxidation sites excluding steroid dienone is 2. The first-order valence-corrected chi connectivity index (χ1v) is 8.56. The van der Waals surface area contributed by atoms with E-state index in [4.69, 9.17) is 0 Å². The lowest BCUT2D eigenvalue weighted by Crippen LogP contribution is -2.31. The van der Waals surface area contributed by atoms with E-state index >= 15 is 0 Å². The standard InChI is InChI=1S/C14H30N3O2P/c1-13(11-9-8-10-12-14(2)18)17(7)20(19,15(3)4)16(5)6/h11H,8-10,12H2,1-7H3/b13-11-. The van der Waals surface area contributed by atoms with Gasteiger partial charge in [-0.3, -0.25) is 4.57 Å². The highest BCUT2D eigenvalue weighted by molar-refractivity contribution is 7.56. The third-order valence-corrected chi connectivity index (χ3v) is 6.55. The lowest BCUT2D eigenvalue weighted by molar-refractivity contribution is -0.117. The van der Waals surface area contributed by atoms with Gasteiger partial charge in [0.1, 0.15) is 5.78 Å². The van der Waals surface area contributed by atoms with Crippen LogP contribution in [0.2, 0.25) is 0 Å². The summed E-state index contributed by atoms with van der Waals surface area (Å²) in [7, 11) is 6.48. The van der Waals surface area contributed by atoms with Gasteiger partial charge >= 0.3 is 7.59 Å². The van der Waals surface area contributed by atoms with Gasteiger partial charge in [-0.2, -0.15) is 0 Å². The molecule has 0 rings (SSSR count). The van der Waals surface area contributed by atoms with E-state index in [1.165, 1.54) is 0 Å². The molecule has 0 aliphatic rings. The molecule has 0 atom stereocenters. The van der Waals surface area contributed by atoms with Gasteiger partial charge in [-0.25, -0.2) is 9.34 Å². The predicted molar refractivity (Wildman–Crippen MR) is 85.6 cm³/mol. The molecule has 0 fully saturated rings. The molecule has 0 N–H and O–H groups in total. The van der Waals surface area contributed by atoms with Crippen LogP contribution in [0.25, 0.3) is 0 Å². The summed E-state index contributed by atoms with van der Waals surface area (Å²) in [5.74, 6) is 0.243. The maximum absolute atomic E-state index is 13.0. The number of carbonyl (C=O) groups excluding carboxylic acids is 1. The van der Waals surface area contributed by atoms with Crippen molar-refractivity contribution in [1.82, 2.24) is 14.0 Å². The summed E-state index contributed by atoms with van der Waals surface area (Å²) < 4.78 is 18.4. The first-order chi connectivity index (χ1) is 9.13. The molecule has 0 amide bonds. The van der Waals surface area contributed by atoms with E-state index < -0.39 is 7.59 Å². The minimum atomic E-state index is -2.70. The molecular weight excluding hydrogens is 273 g/mol. The molecule has 0 unspecified atom stereocenters. The molecule has 0 aromatic rings. The summed E-state index contributed by atoms with van der Waals surface area (Å²) in [4.78, 5) is 10.9. The van der Waals surface area contributed by atoms with Gasteiger partial charge in [-0.05, 0) is 61.3 Å². The van der Waals surface area contributed by atoms with Crippen molar-refractivity contribution in [3.8, 4) is 0 Å². The van der Waals surface area contributed by atoms with Gasteiger partial charge < -0.3 is 9.46 Å². The molecule has 0 aliphatic carbocycles. The SMILES string of the molecule is CC(=O)CCCC/C=C(/C)N(C)P(=O)(N(C)C)N(C)C. The van der Waals surface area contributed by atoms with Crippen LogP contribution in [0.1, 0.15) is 39.5 Å². The van der Waals surface area contributed by atoms with E-state index in [-0.39, 0.29) is 5.78 Å². The zero-order valence-electron chi connectivity index (χ0n) is 14.0. The van der Waals surface area contributed by atoms with Gasteiger partial charge in [0.2, 0.25) is 0 Å². The van der Waals surface area contributed by atoms with Crippen LogP contribution in [0.15, 0.2) is 11.8 Å². The van der Waals surface area contributed by atoms with E-state index in [9.17, 15) is 9.36 Å². The maximum Gasteiger partial charge on any atom is 0.309 e. The molecule has 0 spiro atoms. The summed E-state index contributed by atoms with van der Waals surface area (Å²) in [6.07, 6.45) is 5.56. The van der Waals surface area contributed by atoms with Crippen molar-refractivity contribution < 1.29 is 9.36 Å². The van der Waals surface area contributed by atoms with E-state index in [0.717, 1.165) is 25.0 Å². The lowest BCUT2D eigenvalue weighted by atomic mass is 10.1. The Kier molecular flexibility index (Phi) is 8.33. The lowest BCUT2D eigenvalue weighted by Gasteiger charge is -2.38. The van der Waals surface area contributed by atoms with Gasteiger partial charge in [-0.15, -0.1) is 0 Å². The zero-order chi connectivity index (χ0) is 15.9. The number of ketones is 1. The Morgan fingerprint density at radius 2 is 1.50 bits per heavy atom. The molecule has 0 saturated heterocycles. The van der Waals surface area contributed by atoms with Gasteiger partial charge in [0.15, 0.2) is 0 Å². The highest BCUT2D eigenvalue weighted by Crippen LogP contribution is 2.53. The molecule has 0 aliphatic heterocycles. The Bertz CT molecular complexity index is 380. The minimum Gasteiger partial charge on any atom is -0.307 e. The topological polar surface area (TPSA) is 43.9 Å². The number of rotatable bonds is 9. The first-order valence-electron chi connectivity index (χ1n) is 7.00. The van der Waals surface area contributed by atoms with Crippen LogP contribution in [-0.2, 0) is 9.36 Å². The third kappa shape index (κ3) is 5.39. The summed E-state index contributed by atoms with van der Waals surface area (Å²) >= 11 is 0. The Hall–Kier alpha value is -0.640. The molecule has 118 valence electrons. The van der Waals surface area contributed by atoms with Crippen molar-refractivity contribution >= 4 is 13.4 Å². The molecule has 0 radical (unpaired) electrons. The summed E-state index contributed by atoms with van der Waals surface area (Å²) in [6.45, 7) is 3.60. The van der Waals surface area contributed by atoms with Crippen LogP contribution < -0.4 is 0 Å². The average Bonchev–Trinajstić information content (AvgIpc) is 2.35. The van der Waals surface area contributed by atoms with Gasteiger partial charge in [0, 0.05) is 19.2 Å². The molecule has 0 bridgehead atoms. The molecular formula is C14H30N3O2P. The fourth-order valence-electron chi connectivity index (χ4n) is 2.06. The van der Waals surface area contributed by atoms with Gasteiger partial charge in [0.05, 0.1) is 0 Å². The number of nitrogens with zero attached hydrogens (tertiary/aromatic N) is 3. The number of hydrogen-bond acceptors (Lipinski definition) is 2. The van der Waals surface area contributed by atoms with Gasteiger partial charge in [0.25, 0.3) is 0 Å². The minimum absolute atomic E-state index is 0.243. The van der Waals surface area contributed by atoms with Crippen LogP contribution in [0.3, 0.4) is 0 Å². The molecule has 0 heterocycles. The summed E-state index contributed by atoms with van der Waals surface area (Å²) in [6, 6.07) is 0. The molecule has 5 nitrogen and oxygen atoms in total. The highest BCUT2D eigenvalue weighted by Gasteiger charge is 2.33. The molecule has 0 saturated carbocycles. The number of Topliss-reactive ketones (excluding diaryl/α,β-unsaturated/α-hetero) is 1. The summed E-state index contributed by atoms with van der Waals surface area (Å²) in [5, 5.41) is 0. The quantitative estimate of drug-likeness (QED) is 0.483. The normalized spacial score (nSPS) is 13.2. The van der Waals surface area contributed by atoms with Crippen LogP contribution >= 0.6 is 7.59 Å². The van der Waals surface area contributed by atoms with Crippen molar-refractivity contribution in [3.05, 3.63) is 11.8 Å². The molecule has 0 aromatic carbocycles. The molecule has 0 aromatic heterocycles. The summed E-state index contributed by atoms with van der Waals surface area (Å²) in [5.41, 5.74) is 0.999. The van der Waals surface area contributed by atoms with Crippen molar-refractivity contribution in [3.63, 3.8) is 0 Å². The highest BCUT2D eigenvalue weighted by atomic mass is 31.2. The monoisotopic (exact) mass is 303 g/mol. The second-order valence-corrected chi connectivity index (χ2v) is 8.75. The fourth-order valence-corrected chi connectivity index (χ4v) is 4.34. The largest absolute Gasteiger partial charge is 0.309 e. The third-order valence-electron chi connectivity index (χ3n) is 3.37. The molecule has 20 heavy (non-hydrogen) atoms. The second kappa shape index (κ2) is 8.60. The van der Waals surface area contributed by atoms with E-state index in [2.05, 4.69) is 6.08 Å². The average molecular weight is 303 g/mol. The number of hydrogen-bond donors (Lipinski definition) is 0. The maximum atomic E-state index is 13.0. The fraction of sp³-hybridized carbons (Fsp3) is 0.786. The number of unbranched alkanes of at least 4 members (excludes halogenated alkanes) is 2. The predicted octanol–water partition coefficient (Wildman–Crippen LogP) is 3.20. The van der Waals surface area contributed by atoms with Crippen molar-refractivity contribution in [2.24, 2.45) is 0 Å². The number of carbonyl (C=O) groups is 1. The van der Waals surface area contributed by atoms with Crippen molar-refractivity contribution in [1.29, 1.82) is 0 Å². The van der Waals surface area contributed by atoms with Crippen molar-refractivity contribution in [2.45, 2.75) is 39.5 Å². The van der Waals surface area contributed by atoms with Crippen LogP contribution in [0.5, 0.6) is 0 Å². The second-order valence-electron chi connectivity index (χ2n) is 5.52. The van der Waals surface area contributed by atoms with Crippen LogP contribution in [0, 0.1) is 0 Å². The van der Waals surface area contributed by atoms with Gasteiger partial charge in [-0.1, -0.05) is 6.08 Å². The Balaban J connectivity index is 4.62. The van der Waals surface area contributed by atoms with Crippen LogP contribution in [0.4, 0.5) is 0 Å². The van der Waals surface area contributed by atoms with Crippen molar-refractivity contribution in [2.75, 3.05) is 35.2 Å². The van der Waals surface area contributed by atoms with E-state index in [0.29, 0.717) is 6.42 Å². The van der Waals surface area contributed by atoms with Crippen LogP contribution in [-0.4, -0.2) is 55.0 Å².